The number of carbonyl (C=O) groups is 1. The van der Waals surface area contributed by atoms with Gasteiger partial charge < -0.3 is 5.32 Å². The molecule has 4 rings (SSSR count). The van der Waals surface area contributed by atoms with Gasteiger partial charge in [0.2, 0.25) is 5.91 Å². The number of benzene rings is 3. The van der Waals surface area contributed by atoms with Crippen LogP contribution in [0, 0.1) is 10.1 Å². The van der Waals surface area contributed by atoms with E-state index in [1.54, 1.807) is 6.07 Å². The van der Waals surface area contributed by atoms with Gasteiger partial charge in [-0.25, -0.2) is 0 Å². The number of rotatable bonds is 4. The SMILES string of the molecule is O=C(C=Cc1ccc(Cl)c([N+](=O)[O-])c1)Nc1ccc2c(c1)Cc1ccccc1-2. The Labute approximate surface area is 166 Å². The van der Waals surface area contributed by atoms with Crippen LogP contribution in [0.25, 0.3) is 17.2 Å². The van der Waals surface area contributed by atoms with Gasteiger partial charge in [-0.15, -0.1) is 0 Å². The lowest BCUT2D eigenvalue weighted by Crippen LogP contribution is -2.07. The molecule has 3 aromatic carbocycles. The number of nitrogens with one attached hydrogen (secondary N) is 1. The Kier molecular flexibility index (Phi) is 4.67. The van der Waals surface area contributed by atoms with Crippen molar-refractivity contribution in [2.75, 3.05) is 5.32 Å². The van der Waals surface area contributed by atoms with E-state index in [-0.39, 0.29) is 16.6 Å². The maximum atomic E-state index is 12.2. The molecule has 1 amide bonds. The molecule has 0 saturated carbocycles. The van der Waals surface area contributed by atoms with Crippen molar-refractivity contribution >= 4 is 35.0 Å². The minimum Gasteiger partial charge on any atom is -0.323 e. The second-order valence-corrected chi connectivity index (χ2v) is 6.90. The topological polar surface area (TPSA) is 72.2 Å². The van der Waals surface area contributed by atoms with Gasteiger partial charge in [-0.2, -0.15) is 0 Å². The zero-order valence-electron chi connectivity index (χ0n) is 14.7. The van der Waals surface area contributed by atoms with Gasteiger partial charge in [-0.3, -0.25) is 14.9 Å². The number of carbonyl (C=O) groups excluding carboxylic acids is 1. The van der Waals surface area contributed by atoms with Crippen LogP contribution in [0.2, 0.25) is 5.02 Å². The maximum absolute atomic E-state index is 12.2. The summed E-state index contributed by atoms with van der Waals surface area (Å²) in [6, 6.07) is 18.5. The minimum absolute atomic E-state index is 0.0609. The van der Waals surface area contributed by atoms with E-state index in [4.69, 9.17) is 11.6 Å². The molecule has 5 nitrogen and oxygen atoms in total. The minimum atomic E-state index is -0.553. The maximum Gasteiger partial charge on any atom is 0.288 e. The molecule has 1 N–H and O–H groups in total. The van der Waals surface area contributed by atoms with Crippen LogP contribution in [-0.4, -0.2) is 10.8 Å². The molecule has 6 heteroatoms. The van der Waals surface area contributed by atoms with Crippen molar-refractivity contribution in [3.8, 4) is 11.1 Å². The molecule has 0 fully saturated rings. The van der Waals surface area contributed by atoms with Gasteiger partial charge in [0.05, 0.1) is 4.92 Å². The molecule has 0 aromatic heterocycles. The molecular weight excluding hydrogens is 376 g/mol. The summed E-state index contributed by atoms with van der Waals surface area (Å²) < 4.78 is 0. The summed E-state index contributed by atoms with van der Waals surface area (Å²) in [4.78, 5) is 22.6. The van der Waals surface area contributed by atoms with Gasteiger partial charge >= 0.3 is 0 Å². The standard InChI is InChI=1S/C22H15ClN2O3/c23-20-9-5-14(11-21(20)25(27)28)6-10-22(26)24-17-7-8-19-16(13-17)12-15-3-1-2-4-18(15)19/h1-11,13H,12H2,(H,24,26). The molecule has 0 atom stereocenters. The van der Waals surface area contributed by atoms with E-state index in [2.05, 4.69) is 17.4 Å². The third-order valence-electron chi connectivity index (χ3n) is 4.66. The van der Waals surface area contributed by atoms with Gasteiger partial charge in [-0.1, -0.05) is 48.0 Å². The van der Waals surface area contributed by atoms with Crippen molar-refractivity contribution in [2.24, 2.45) is 0 Å². The fourth-order valence-electron chi connectivity index (χ4n) is 3.35. The number of anilines is 1. The normalized spacial score (nSPS) is 11.9. The van der Waals surface area contributed by atoms with Crippen LogP contribution in [-0.2, 0) is 11.2 Å². The van der Waals surface area contributed by atoms with E-state index in [9.17, 15) is 14.9 Å². The van der Waals surface area contributed by atoms with Crippen molar-refractivity contribution in [3.63, 3.8) is 0 Å². The lowest BCUT2D eigenvalue weighted by atomic mass is 10.1. The molecule has 0 aliphatic heterocycles. The molecule has 1 aliphatic rings. The molecule has 0 bridgehead atoms. The predicted octanol–water partition coefficient (Wildman–Crippen LogP) is 5.47. The van der Waals surface area contributed by atoms with Crippen molar-refractivity contribution in [1.82, 2.24) is 0 Å². The lowest BCUT2D eigenvalue weighted by molar-refractivity contribution is -0.384. The highest BCUT2D eigenvalue weighted by molar-refractivity contribution is 6.32. The first-order valence-electron chi connectivity index (χ1n) is 8.65. The molecule has 0 heterocycles. The number of nitro groups is 1. The first-order chi connectivity index (χ1) is 13.5. The molecule has 3 aromatic rings. The molecule has 1 aliphatic carbocycles. The van der Waals surface area contributed by atoms with Crippen LogP contribution in [0.15, 0.2) is 66.7 Å². The number of halogens is 1. The third kappa shape index (κ3) is 3.52. The molecule has 0 saturated heterocycles. The number of nitrogens with zero attached hydrogens (tertiary/aromatic N) is 1. The Balaban J connectivity index is 1.48. The van der Waals surface area contributed by atoms with Crippen LogP contribution in [0.1, 0.15) is 16.7 Å². The molecule has 0 unspecified atom stereocenters. The highest BCUT2D eigenvalue weighted by atomic mass is 35.5. The summed E-state index contributed by atoms with van der Waals surface area (Å²) in [7, 11) is 0. The Morgan fingerprint density at radius 2 is 1.82 bits per heavy atom. The first kappa shape index (κ1) is 17.9. The van der Waals surface area contributed by atoms with E-state index in [1.807, 2.05) is 30.3 Å². The number of nitro benzene ring substituents is 1. The largest absolute Gasteiger partial charge is 0.323 e. The van der Waals surface area contributed by atoms with Crippen molar-refractivity contribution in [3.05, 3.63) is 98.6 Å². The van der Waals surface area contributed by atoms with E-state index in [0.29, 0.717) is 11.3 Å². The molecular formula is C22H15ClN2O3. The zero-order chi connectivity index (χ0) is 19.7. The van der Waals surface area contributed by atoms with Crippen LogP contribution < -0.4 is 5.32 Å². The van der Waals surface area contributed by atoms with Crippen molar-refractivity contribution < 1.29 is 9.72 Å². The summed E-state index contributed by atoms with van der Waals surface area (Å²) in [5, 5.41) is 13.8. The smallest absolute Gasteiger partial charge is 0.288 e. The number of fused-ring (bicyclic) bond motifs is 3. The summed E-state index contributed by atoms with van der Waals surface area (Å²) in [6.07, 6.45) is 3.70. The van der Waals surface area contributed by atoms with E-state index >= 15 is 0 Å². The quantitative estimate of drug-likeness (QED) is 0.285. The van der Waals surface area contributed by atoms with Crippen LogP contribution in [0.3, 0.4) is 0 Å². The Morgan fingerprint density at radius 1 is 1.04 bits per heavy atom. The van der Waals surface area contributed by atoms with E-state index in [0.717, 1.165) is 6.42 Å². The highest BCUT2D eigenvalue weighted by Gasteiger charge is 2.18. The Morgan fingerprint density at radius 3 is 2.64 bits per heavy atom. The number of amides is 1. The summed E-state index contributed by atoms with van der Waals surface area (Å²) in [5.41, 5.74) is 5.93. The van der Waals surface area contributed by atoms with Gasteiger partial charge in [0.25, 0.3) is 5.69 Å². The highest BCUT2D eigenvalue weighted by Crippen LogP contribution is 2.37. The van der Waals surface area contributed by atoms with Gasteiger partial charge in [-0.05, 0) is 58.5 Å². The van der Waals surface area contributed by atoms with Crippen molar-refractivity contribution in [2.45, 2.75) is 6.42 Å². The Hall–Kier alpha value is -3.44. The van der Waals surface area contributed by atoms with Crippen LogP contribution >= 0.6 is 11.6 Å². The van der Waals surface area contributed by atoms with Gasteiger partial charge in [0.1, 0.15) is 5.02 Å². The molecule has 0 spiro atoms. The third-order valence-corrected chi connectivity index (χ3v) is 4.97. The average Bonchev–Trinajstić information content (AvgIpc) is 3.05. The average molecular weight is 391 g/mol. The molecule has 138 valence electrons. The van der Waals surface area contributed by atoms with Crippen LogP contribution in [0.4, 0.5) is 11.4 Å². The molecule has 28 heavy (non-hydrogen) atoms. The van der Waals surface area contributed by atoms with Gasteiger partial charge in [0, 0.05) is 17.8 Å². The summed E-state index contributed by atoms with van der Waals surface area (Å²) >= 11 is 5.80. The number of hydrogen-bond donors (Lipinski definition) is 1. The predicted molar refractivity (Wildman–Crippen MR) is 110 cm³/mol. The van der Waals surface area contributed by atoms with E-state index < -0.39 is 4.92 Å². The Bertz CT molecular complexity index is 1140. The zero-order valence-corrected chi connectivity index (χ0v) is 15.4. The monoisotopic (exact) mass is 390 g/mol. The van der Waals surface area contributed by atoms with E-state index in [1.165, 1.54) is 46.5 Å². The second kappa shape index (κ2) is 7.29. The first-order valence-corrected chi connectivity index (χ1v) is 9.03. The van der Waals surface area contributed by atoms with Crippen LogP contribution in [0.5, 0.6) is 0 Å². The summed E-state index contributed by atoms with van der Waals surface area (Å²) in [6.45, 7) is 0. The lowest BCUT2D eigenvalue weighted by Gasteiger charge is -2.06. The second-order valence-electron chi connectivity index (χ2n) is 6.50. The fourth-order valence-corrected chi connectivity index (χ4v) is 3.54. The summed E-state index contributed by atoms with van der Waals surface area (Å²) in [5.74, 6) is -0.312. The molecule has 0 radical (unpaired) electrons. The fraction of sp³-hybridized carbons (Fsp3) is 0.0455. The number of hydrogen-bond acceptors (Lipinski definition) is 3. The van der Waals surface area contributed by atoms with Crippen molar-refractivity contribution in [1.29, 1.82) is 0 Å². The van der Waals surface area contributed by atoms with Gasteiger partial charge in [0.15, 0.2) is 0 Å².